The summed E-state index contributed by atoms with van der Waals surface area (Å²) in [6.45, 7) is 6.12. The lowest BCUT2D eigenvalue weighted by molar-refractivity contribution is 0.418. The predicted molar refractivity (Wildman–Crippen MR) is 98.3 cm³/mol. The average Bonchev–Trinajstić information content (AvgIpc) is 2.58. The Morgan fingerprint density at radius 2 is 1.75 bits per heavy atom. The largest absolute Gasteiger partial charge is 0.496 e. The molecule has 0 aliphatic carbocycles. The van der Waals surface area contributed by atoms with E-state index in [1.807, 2.05) is 12.1 Å². The van der Waals surface area contributed by atoms with Gasteiger partial charge in [0.2, 0.25) is 0 Å². The van der Waals surface area contributed by atoms with E-state index < -0.39 is 5.63 Å². The van der Waals surface area contributed by atoms with Crippen LogP contribution in [0.4, 0.5) is 0 Å². The molecule has 0 amide bonds. The van der Waals surface area contributed by atoms with Crippen LogP contribution in [0, 0.1) is 6.92 Å². The van der Waals surface area contributed by atoms with Gasteiger partial charge in [0.15, 0.2) is 0 Å². The molecule has 1 aromatic heterocycles. The number of aryl methyl sites for hydroxylation is 1. The van der Waals surface area contributed by atoms with E-state index in [0.717, 1.165) is 16.5 Å². The van der Waals surface area contributed by atoms with Crippen LogP contribution in [0.3, 0.4) is 0 Å². The number of halogens is 1. The number of methoxy groups -OCH3 is 1. The van der Waals surface area contributed by atoms with Crippen molar-refractivity contribution >= 4 is 22.6 Å². The smallest absolute Gasteiger partial charge is 0.355 e. The first-order chi connectivity index (χ1) is 11.4. The fraction of sp³-hybridized carbons (Fsp3) is 0.250. The van der Waals surface area contributed by atoms with Gasteiger partial charge in [0.05, 0.1) is 12.5 Å². The first kappa shape index (κ1) is 16.6. The lowest BCUT2D eigenvalue weighted by Gasteiger charge is -2.12. The highest BCUT2D eigenvalue weighted by molar-refractivity contribution is 6.32. The van der Waals surface area contributed by atoms with E-state index in [1.165, 1.54) is 5.56 Å². The Bertz CT molecular complexity index is 953. The van der Waals surface area contributed by atoms with Crippen molar-refractivity contribution in [3.8, 4) is 16.9 Å². The fourth-order valence-corrected chi connectivity index (χ4v) is 2.97. The normalized spacial score (nSPS) is 11.2. The molecule has 24 heavy (non-hydrogen) atoms. The molecule has 124 valence electrons. The van der Waals surface area contributed by atoms with Gasteiger partial charge in [-0.3, -0.25) is 0 Å². The third kappa shape index (κ3) is 2.80. The molecule has 0 unspecified atom stereocenters. The Hall–Kier alpha value is -2.26. The fourth-order valence-electron chi connectivity index (χ4n) is 2.84. The summed E-state index contributed by atoms with van der Waals surface area (Å²) in [5, 5.41) is 0.819. The summed E-state index contributed by atoms with van der Waals surface area (Å²) in [6.07, 6.45) is 0. The Morgan fingerprint density at radius 3 is 2.33 bits per heavy atom. The van der Waals surface area contributed by atoms with Crippen LogP contribution < -0.4 is 10.4 Å². The van der Waals surface area contributed by atoms with Gasteiger partial charge < -0.3 is 9.15 Å². The molecule has 0 saturated heterocycles. The van der Waals surface area contributed by atoms with Gasteiger partial charge in [-0.25, -0.2) is 4.79 Å². The van der Waals surface area contributed by atoms with Gasteiger partial charge >= 0.3 is 5.63 Å². The Labute approximate surface area is 145 Å². The number of hydrogen-bond donors (Lipinski definition) is 0. The second-order valence-electron chi connectivity index (χ2n) is 6.16. The highest BCUT2D eigenvalue weighted by atomic mass is 35.5. The first-order valence-corrected chi connectivity index (χ1v) is 8.21. The molecule has 3 aromatic rings. The molecule has 4 heteroatoms. The van der Waals surface area contributed by atoms with Crippen molar-refractivity contribution in [1.82, 2.24) is 0 Å². The van der Waals surface area contributed by atoms with Crippen LogP contribution in [0.5, 0.6) is 5.75 Å². The Balaban J connectivity index is 2.23. The minimum Gasteiger partial charge on any atom is -0.496 e. The molecular weight excluding hydrogens is 324 g/mol. The second kappa shape index (κ2) is 6.33. The Kier molecular flexibility index (Phi) is 4.37. The van der Waals surface area contributed by atoms with Crippen molar-refractivity contribution in [2.45, 2.75) is 26.7 Å². The quantitative estimate of drug-likeness (QED) is 0.585. The van der Waals surface area contributed by atoms with Crippen molar-refractivity contribution in [1.29, 1.82) is 0 Å². The van der Waals surface area contributed by atoms with E-state index in [1.54, 1.807) is 14.0 Å². The van der Waals surface area contributed by atoms with Crippen LogP contribution in [0.25, 0.3) is 22.1 Å². The molecule has 0 bridgehead atoms. The zero-order valence-corrected chi connectivity index (χ0v) is 14.9. The molecule has 0 spiro atoms. The standard InChI is InChI=1S/C20H19ClO3/c1-11(2)13-5-7-14(8-6-13)15-9-16(23-4)18-12(3)19(21)20(22)24-17(18)10-15/h5-11H,1-4H3. The molecule has 1 heterocycles. The van der Waals surface area contributed by atoms with Crippen LogP contribution in [0.15, 0.2) is 45.6 Å². The molecule has 3 rings (SSSR count). The lowest BCUT2D eigenvalue weighted by atomic mass is 9.97. The van der Waals surface area contributed by atoms with Gasteiger partial charge in [-0.2, -0.15) is 0 Å². The maximum absolute atomic E-state index is 11.9. The zero-order valence-electron chi connectivity index (χ0n) is 14.1. The number of rotatable bonds is 3. The van der Waals surface area contributed by atoms with E-state index in [2.05, 4.69) is 38.1 Å². The molecule has 0 aliphatic rings. The molecule has 0 aliphatic heterocycles. The van der Waals surface area contributed by atoms with Crippen LogP contribution >= 0.6 is 11.6 Å². The van der Waals surface area contributed by atoms with Gasteiger partial charge in [-0.15, -0.1) is 0 Å². The van der Waals surface area contributed by atoms with Gasteiger partial charge in [-0.05, 0) is 47.2 Å². The molecule has 2 aromatic carbocycles. The van der Waals surface area contributed by atoms with Crippen molar-refractivity contribution in [2.24, 2.45) is 0 Å². The van der Waals surface area contributed by atoms with Crippen molar-refractivity contribution in [2.75, 3.05) is 7.11 Å². The minimum atomic E-state index is -0.531. The topological polar surface area (TPSA) is 39.4 Å². The van der Waals surface area contributed by atoms with Crippen LogP contribution in [0.1, 0.15) is 30.9 Å². The van der Waals surface area contributed by atoms with Gasteiger partial charge in [0.25, 0.3) is 0 Å². The summed E-state index contributed by atoms with van der Waals surface area (Å²) in [4.78, 5) is 11.9. The van der Waals surface area contributed by atoms with Crippen molar-refractivity contribution < 1.29 is 9.15 Å². The lowest BCUT2D eigenvalue weighted by Crippen LogP contribution is -2.03. The summed E-state index contributed by atoms with van der Waals surface area (Å²) in [5.74, 6) is 1.12. The summed E-state index contributed by atoms with van der Waals surface area (Å²) in [7, 11) is 1.60. The molecule has 0 saturated carbocycles. The first-order valence-electron chi connectivity index (χ1n) is 7.83. The van der Waals surface area contributed by atoms with Crippen LogP contribution in [0.2, 0.25) is 5.02 Å². The molecular formula is C20H19ClO3. The second-order valence-corrected chi connectivity index (χ2v) is 6.53. The van der Waals surface area contributed by atoms with Gasteiger partial charge in [0.1, 0.15) is 16.4 Å². The zero-order chi connectivity index (χ0) is 17.4. The number of benzene rings is 2. The van der Waals surface area contributed by atoms with E-state index in [-0.39, 0.29) is 5.02 Å². The van der Waals surface area contributed by atoms with Gasteiger partial charge in [0, 0.05) is 0 Å². The number of hydrogen-bond acceptors (Lipinski definition) is 3. The molecule has 0 radical (unpaired) electrons. The molecule has 0 fully saturated rings. The maximum atomic E-state index is 11.9. The SMILES string of the molecule is COc1cc(-c2ccc(C(C)C)cc2)cc2oc(=O)c(Cl)c(C)c12. The van der Waals surface area contributed by atoms with Crippen molar-refractivity contribution in [3.05, 3.63) is 63.0 Å². The summed E-state index contributed by atoms with van der Waals surface area (Å²) >= 11 is 6.03. The molecule has 3 nitrogen and oxygen atoms in total. The third-order valence-corrected chi connectivity index (χ3v) is 4.72. The minimum absolute atomic E-state index is 0.0924. The summed E-state index contributed by atoms with van der Waals surface area (Å²) in [5.41, 5.74) is 3.86. The van der Waals surface area contributed by atoms with E-state index in [9.17, 15) is 4.79 Å². The molecule has 0 atom stereocenters. The highest BCUT2D eigenvalue weighted by Gasteiger charge is 2.15. The van der Waals surface area contributed by atoms with Gasteiger partial charge in [-0.1, -0.05) is 49.7 Å². The predicted octanol–water partition coefficient (Wildman–Crippen LogP) is 5.55. The number of fused-ring (bicyclic) bond motifs is 1. The summed E-state index contributed by atoms with van der Waals surface area (Å²) in [6, 6.07) is 12.1. The van der Waals surface area contributed by atoms with E-state index >= 15 is 0 Å². The Morgan fingerprint density at radius 1 is 1.08 bits per heavy atom. The van der Waals surface area contributed by atoms with Crippen molar-refractivity contribution in [3.63, 3.8) is 0 Å². The molecule has 0 N–H and O–H groups in total. The van der Waals surface area contributed by atoms with Crippen LogP contribution in [-0.4, -0.2) is 7.11 Å². The monoisotopic (exact) mass is 342 g/mol. The average molecular weight is 343 g/mol. The van der Waals surface area contributed by atoms with E-state index in [4.69, 9.17) is 20.8 Å². The van der Waals surface area contributed by atoms with E-state index in [0.29, 0.717) is 22.8 Å². The summed E-state index contributed by atoms with van der Waals surface area (Å²) < 4.78 is 10.9. The maximum Gasteiger partial charge on any atom is 0.355 e. The third-order valence-electron chi connectivity index (χ3n) is 4.28. The number of ether oxygens (including phenoxy) is 1. The van der Waals surface area contributed by atoms with Crippen LogP contribution in [-0.2, 0) is 0 Å². The highest BCUT2D eigenvalue weighted by Crippen LogP contribution is 2.35.